The van der Waals surface area contributed by atoms with Crippen molar-refractivity contribution in [1.29, 1.82) is 0 Å². The van der Waals surface area contributed by atoms with Gasteiger partial charge in [0, 0.05) is 36.3 Å². The van der Waals surface area contributed by atoms with Crippen molar-refractivity contribution in [2.75, 3.05) is 0 Å². The maximum absolute atomic E-state index is 12.7. The quantitative estimate of drug-likeness (QED) is 0.863. The topological polar surface area (TPSA) is 64.2 Å². The van der Waals surface area contributed by atoms with Crippen LogP contribution in [0.25, 0.3) is 0 Å². The molecule has 0 radical (unpaired) electrons. The lowest BCUT2D eigenvalue weighted by Gasteiger charge is -2.43. The van der Waals surface area contributed by atoms with Crippen LogP contribution in [-0.2, 0) is 11.8 Å². The van der Waals surface area contributed by atoms with Gasteiger partial charge in [-0.1, -0.05) is 0 Å². The zero-order valence-electron chi connectivity index (χ0n) is 14.1. The normalized spacial score (nSPS) is 24.3. The van der Waals surface area contributed by atoms with E-state index in [1.54, 1.807) is 0 Å². The third-order valence-electron chi connectivity index (χ3n) is 4.46. The lowest BCUT2D eigenvalue weighted by Crippen LogP contribution is -2.51. The summed E-state index contributed by atoms with van der Waals surface area (Å²) in [7, 11) is 1.94. The lowest BCUT2D eigenvalue weighted by atomic mass is 9.91. The Balaban J connectivity index is 2.60. The number of rotatable bonds is 1. The third-order valence-corrected chi connectivity index (χ3v) is 4.46. The Morgan fingerprint density at radius 1 is 1.29 bits per heavy atom. The number of nitrogens with two attached hydrogens (primary N) is 1. The van der Waals surface area contributed by atoms with Gasteiger partial charge in [0.05, 0.1) is 11.7 Å². The first-order chi connectivity index (χ1) is 9.64. The fourth-order valence-electron chi connectivity index (χ4n) is 3.47. The number of hydrogen-bond acceptors (Lipinski definition) is 3. The Hall–Kier alpha value is -1.36. The number of carbonyl (C=O) groups excluding carboxylic acids is 1. The molecule has 1 saturated heterocycles. The number of amides is 1. The minimum atomic E-state index is -0.252. The van der Waals surface area contributed by atoms with Crippen LogP contribution < -0.4 is 5.73 Å². The third kappa shape index (κ3) is 2.84. The summed E-state index contributed by atoms with van der Waals surface area (Å²) < 4.78 is 1.88. The van der Waals surface area contributed by atoms with Crippen molar-refractivity contribution < 1.29 is 4.79 Å². The summed E-state index contributed by atoms with van der Waals surface area (Å²) in [6, 6.07) is -0.133. The van der Waals surface area contributed by atoms with Gasteiger partial charge in [-0.3, -0.25) is 9.48 Å². The average Bonchev–Trinajstić information content (AvgIpc) is 2.50. The molecule has 0 aliphatic carbocycles. The van der Waals surface area contributed by atoms with Crippen molar-refractivity contribution in [3.05, 3.63) is 17.0 Å². The monoisotopic (exact) mass is 292 g/mol. The first-order valence-electron chi connectivity index (χ1n) is 7.72. The predicted octanol–water partition coefficient (Wildman–Crippen LogP) is 2.22. The molecular weight excluding hydrogens is 264 g/mol. The van der Waals surface area contributed by atoms with Gasteiger partial charge in [0.15, 0.2) is 0 Å². The molecular formula is C16H28N4O. The second-order valence-corrected chi connectivity index (χ2v) is 7.14. The summed E-state index contributed by atoms with van der Waals surface area (Å²) in [6.45, 7) is 10.3. The molecule has 1 aromatic rings. The Morgan fingerprint density at radius 3 is 2.38 bits per heavy atom. The van der Waals surface area contributed by atoms with Crippen molar-refractivity contribution >= 4 is 5.91 Å². The van der Waals surface area contributed by atoms with Gasteiger partial charge in [0.2, 0.25) is 5.91 Å². The fourth-order valence-corrected chi connectivity index (χ4v) is 3.47. The number of likely N-dealkylation sites (tertiary alicyclic amines) is 1. The molecule has 1 aromatic heterocycles. The smallest absolute Gasteiger partial charge is 0.223 e. The highest BCUT2D eigenvalue weighted by Crippen LogP contribution is 2.37. The molecule has 2 rings (SSSR count). The van der Waals surface area contributed by atoms with Crippen molar-refractivity contribution in [2.24, 2.45) is 12.8 Å². The molecule has 0 bridgehead atoms. The van der Waals surface area contributed by atoms with Gasteiger partial charge in [-0.15, -0.1) is 0 Å². The summed E-state index contributed by atoms with van der Waals surface area (Å²) in [4.78, 5) is 14.7. The van der Waals surface area contributed by atoms with E-state index >= 15 is 0 Å². The molecule has 2 atom stereocenters. The molecule has 1 aliphatic heterocycles. The summed E-state index contributed by atoms with van der Waals surface area (Å²) in [5.41, 5.74) is 9.41. The molecule has 2 heterocycles. The van der Waals surface area contributed by atoms with Crippen LogP contribution in [0.2, 0.25) is 0 Å². The van der Waals surface area contributed by atoms with Crippen molar-refractivity contribution in [2.45, 2.75) is 71.5 Å². The lowest BCUT2D eigenvalue weighted by molar-refractivity contribution is -0.139. The minimum absolute atomic E-state index is 0.0442. The largest absolute Gasteiger partial charge is 0.329 e. The van der Waals surface area contributed by atoms with Crippen molar-refractivity contribution in [3.63, 3.8) is 0 Å². The van der Waals surface area contributed by atoms with Gasteiger partial charge < -0.3 is 10.6 Å². The van der Waals surface area contributed by atoms with Crippen LogP contribution >= 0.6 is 0 Å². The van der Waals surface area contributed by atoms with E-state index < -0.39 is 0 Å². The summed E-state index contributed by atoms with van der Waals surface area (Å²) >= 11 is 0. The standard InChI is InChI=1S/C16H28N4O/c1-10-14(11(2)19(6)18-10)15-12(17)8-7-9-13(21)20(15)16(3,4)5/h12,15H,7-9,17H2,1-6H3. The van der Waals surface area contributed by atoms with Crippen LogP contribution in [0.4, 0.5) is 0 Å². The molecule has 1 aliphatic rings. The van der Waals surface area contributed by atoms with Gasteiger partial charge in [-0.2, -0.15) is 5.10 Å². The molecule has 5 heteroatoms. The highest BCUT2D eigenvalue weighted by atomic mass is 16.2. The molecule has 0 spiro atoms. The highest BCUT2D eigenvalue weighted by Gasteiger charge is 2.41. The molecule has 2 unspecified atom stereocenters. The van der Waals surface area contributed by atoms with Gasteiger partial charge in [-0.05, 0) is 47.5 Å². The summed E-state index contributed by atoms with van der Waals surface area (Å²) in [5.74, 6) is 0.197. The highest BCUT2D eigenvalue weighted by molar-refractivity contribution is 5.78. The Kier molecular flexibility index (Phi) is 4.15. The molecule has 1 amide bonds. The van der Waals surface area contributed by atoms with Gasteiger partial charge >= 0.3 is 0 Å². The first kappa shape index (κ1) is 16.0. The second kappa shape index (κ2) is 5.44. The van der Waals surface area contributed by atoms with E-state index in [2.05, 4.69) is 32.8 Å². The summed E-state index contributed by atoms with van der Waals surface area (Å²) in [5, 5.41) is 4.52. The number of hydrogen-bond donors (Lipinski definition) is 1. The van der Waals surface area contributed by atoms with Crippen LogP contribution in [0.1, 0.15) is 63.0 Å². The van der Waals surface area contributed by atoms with E-state index in [0.717, 1.165) is 29.8 Å². The average molecular weight is 292 g/mol. The fraction of sp³-hybridized carbons (Fsp3) is 0.750. The first-order valence-corrected chi connectivity index (χ1v) is 7.72. The van der Waals surface area contributed by atoms with E-state index in [-0.39, 0.29) is 23.5 Å². The van der Waals surface area contributed by atoms with E-state index in [9.17, 15) is 4.79 Å². The second-order valence-electron chi connectivity index (χ2n) is 7.14. The molecule has 0 aromatic carbocycles. The van der Waals surface area contributed by atoms with Crippen molar-refractivity contribution in [3.8, 4) is 0 Å². The van der Waals surface area contributed by atoms with E-state index in [0.29, 0.717) is 6.42 Å². The van der Waals surface area contributed by atoms with Gasteiger partial charge in [-0.25, -0.2) is 0 Å². The van der Waals surface area contributed by atoms with Crippen molar-refractivity contribution in [1.82, 2.24) is 14.7 Å². The number of carbonyl (C=O) groups is 1. The summed E-state index contributed by atoms with van der Waals surface area (Å²) in [6.07, 6.45) is 2.32. The molecule has 21 heavy (non-hydrogen) atoms. The zero-order chi connectivity index (χ0) is 15.9. The maximum atomic E-state index is 12.7. The molecule has 5 nitrogen and oxygen atoms in total. The molecule has 118 valence electrons. The van der Waals surface area contributed by atoms with Crippen LogP contribution in [0.3, 0.4) is 0 Å². The SMILES string of the molecule is Cc1nn(C)c(C)c1C1C(N)CCCC(=O)N1C(C)(C)C. The molecule has 1 fully saturated rings. The number of nitrogens with zero attached hydrogens (tertiary/aromatic N) is 3. The Bertz CT molecular complexity index is 541. The van der Waals surface area contributed by atoms with Gasteiger partial charge in [0.1, 0.15) is 0 Å². The number of aromatic nitrogens is 2. The van der Waals surface area contributed by atoms with E-state index in [1.807, 2.05) is 23.6 Å². The molecule has 2 N–H and O–H groups in total. The van der Waals surface area contributed by atoms with E-state index in [1.165, 1.54) is 0 Å². The predicted molar refractivity (Wildman–Crippen MR) is 83.8 cm³/mol. The van der Waals surface area contributed by atoms with E-state index in [4.69, 9.17) is 5.73 Å². The maximum Gasteiger partial charge on any atom is 0.223 e. The van der Waals surface area contributed by atoms with Crippen LogP contribution in [0.5, 0.6) is 0 Å². The van der Waals surface area contributed by atoms with Gasteiger partial charge in [0.25, 0.3) is 0 Å². The minimum Gasteiger partial charge on any atom is -0.329 e. The Morgan fingerprint density at radius 2 is 1.90 bits per heavy atom. The number of aryl methyl sites for hydroxylation is 2. The Labute approximate surface area is 127 Å². The molecule has 0 saturated carbocycles. The zero-order valence-corrected chi connectivity index (χ0v) is 14.1. The van der Waals surface area contributed by atoms with Crippen LogP contribution in [0.15, 0.2) is 0 Å². The van der Waals surface area contributed by atoms with Crippen LogP contribution in [0, 0.1) is 13.8 Å². The van der Waals surface area contributed by atoms with Crippen LogP contribution in [-0.4, -0.2) is 32.2 Å².